The molecular weight excluding hydrogens is 464 g/mol. The van der Waals surface area contributed by atoms with Crippen LogP contribution in [0.4, 0.5) is 25.8 Å². The maximum absolute atomic E-state index is 14.6. The van der Waals surface area contributed by atoms with Gasteiger partial charge in [0, 0.05) is 25.8 Å². The summed E-state index contributed by atoms with van der Waals surface area (Å²) < 4.78 is 57.8. The van der Waals surface area contributed by atoms with E-state index in [0.717, 1.165) is 10.4 Å². The average molecular weight is 484 g/mol. The van der Waals surface area contributed by atoms with Crippen LogP contribution in [-0.2, 0) is 17.3 Å². The number of hydrogen-bond donors (Lipinski definition) is 2. The molecule has 1 aliphatic heterocycles. The van der Waals surface area contributed by atoms with Crippen molar-refractivity contribution in [2.75, 3.05) is 23.1 Å². The second-order valence-corrected chi connectivity index (χ2v) is 9.60. The Morgan fingerprint density at radius 3 is 2.62 bits per heavy atom. The lowest BCUT2D eigenvalue weighted by atomic mass is 10.1. The monoisotopic (exact) mass is 483 g/mol. The molecule has 0 aliphatic carbocycles. The maximum Gasteiger partial charge on any atom is 0.301 e. The minimum atomic E-state index is -4.06. The van der Waals surface area contributed by atoms with Crippen LogP contribution in [0.15, 0.2) is 35.4 Å². The van der Waals surface area contributed by atoms with E-state index in [1.54, 1.807) is 26.1 Å². The van der Waals surface area contributed by atoms with Crippen LogP contribution in [0.3, 0.4) is 0 Å². The van der Waals surface area contributed by atoms with E-state index < -0.39 is 22.2 Å². The first kappa shape index (κ1) is 22.4. The van der Waals surface area contributed by atoms with Gasteiger partial charge in [-0.3, -0.25) is 9.52 Å². The Kier molecular flexibility index (Phi) is 5.82. The van der Waals surface area contributed by atoms with Crippen molar-refractivity contribution in [1.29, 1.82) is 0 Å². The summed E-state index contributed by atoms with van der Waals surface area (Å²) in [6.45, 7) is 1.48. The number of aryl methyl sites for hydroxylation is 2. The number of aromatic nitrogens is 2. The zero-order valence-corrected chi connectivity index (χ0v) is 18.8. The van der Waals surface area contributed by atoms with Crippen LogP contribution in [0.1, 0.15) is 12.0 Å². The largest absolute Gasteiger partial charge is 0.352 e. The van der Waals surface area contributed by atoms with E-state index in [0.29, 0.717) is 22.2 Å². The second kappa shape index (κ2) is 8.30. The Morgan fingerprint density at radius 1 is 1.22 bits per heavy atom. The molecular formula is C20H20ClF2N5O3S. The van der Waals surface area contributed by atoms with Crippen molar-refractivity contribution in [3.63, 3.8) is 0 Å². The fourth-order valence-corrected chi connectivity index (χ4v) is 5.16. The molecule has 12 heteroatoms. The molecule has 0 radical (unpaired) electrons. The molecule has 4 rings (SSSR count). The molecule has 0 bridgehead atoms. The molecule has 3 aromatic rings. The molecule has 0 spiro atoms. The smallest absolute Gasteiger partial charge is 0.301 e. The molecule has 8 nitrogen and oxygen atoms in total. The Balaban J connectivity index is 1.70. The van der Waals surface area contributed by atoms with Gasteiger partial charge in [0.1, 0.15) is 12.0 Å². The summed E-state index contributed by atoms with van der Waals surface area (Å²) in [6, 6.07) is 5.49. The maximum atomic E-state index is 14.6. The van der Waals surface area contributed by atoms with Crippen LogP contribution in [0.25, 0.3) is 10.9 Å². The molecule has 2 aromatic carbocycles. The van der Waals surface area contributed by atoms with Gasteiger partial charge < -0.3 is 9.88 Å². The topological polar surface area (TPSA) is 96.3 Å². The highest BCUT2D eigenvalue weighted by molar-refractivity contribution is 7.90. The van der Waals surface area contributed by atoms with Gasteiger partial charge in [-0.1, -0.05) is 11.6 Å². The number of nitrogens with zero attached hydrogens (tertiary/aromatic N) is 3. The third-order valence-electron chi connectivity index (χ3n) is 5.37. The van der Waals surface area contributed by atoms with Gasteiger partial charge >= 0.3 is 10.2 Å². The number of rotatable bonds is 5. The van der Waals surface area contributed by atoms with E-state index in [9.17, 15) is 22.0 Å². The summed E-state index contributed by atoms with van der Waals surface area (Å²) in [5, 5.41) is 3.02. The number of anilines is 3. The van der Waals surface area contributed by atoms with Crippen molar-refractivity contribution in [2.45, 2.75) is 19.5 Å². The number of nitrogens with one attached hydrogen (secondary N) is 2. The highest BCUT2D eigenvalue weighted by Crippen LogP contribution is 2.37. The lowest BCUT2D eigenvalue weighted by Crippen LogP contribution is -2.34. The summed E-state index contributed by atoms with van der Waals surface area (Å²) in [7, 11) is -2.49. The fourth-order valence-electron chi connectivity index (χ4n) is 3.58. The first-order valence-electron chi connectivity index (χ1n) is 9.70. The predicted molar refractivity (Wildman–Crippen MR) is 120 cm³/mol. The van der Waals surface area contributed by atoms with E-state index in [1.807, 2.05) is 0 Å². The van der Waals surface area contributed by atoms with Gasteiger partial charge in [-0.15, -0.1) is 0 Å². The van der Waals surface area contributed by atoms with Crippen LogP contribution < -0.4 is 15.6 Å². The molecule has 0 unspecified atom stereocenters. The summed E-state index contributed by atoms with van der Waals surface area (Å²) in [4.78, 5) is 16.7. The molecule has 1 atom stereocenters. The average Bonchev–Trinajstić information content (AvgIpc) is 3.19. The molecule has 1 aliphatic rings. The number of alkyl halides is 1. The minimum Gasteiger partial charge on any atom is -0.352 e. The van der Waals surface area contributed by atoms with Gasteiger partial charge in [0.15, 0.2) is 0 Å². The number of fused-ring (bicyclic) bond motifs is 1. The number of benzene rings is 2. The first-order valence-corrected chi connectivity index (χ1v) is 11.5. The summed E-state index contributed by atoms with van der Waals surface area (Å²) >= 11 is 6.33. The minimum absolute atomic E-state index is 0.0414. The predicted octanol–water partition coefficient (Wildman–Crippen LogP) is 3.48. The molecule has 2 heterocycles. The normalized spacial score (nSPS) is 17.1. The summed E-state index contributed by atoms with van der Waals surface area (Å²) in [5.41, 5.74) is 0.933. The lowest BCUT2D eigenvalue weighted by molar-refractivity contribution is 0.343. The zero-order chi connectivity index (χ0) is 23.2. The van der Waals surface area contributed by atoms with Crippen molar-refractivity contribution < 1.29 is 17.2 Å². The van der Waals surface area contributed by atoms with Crippen molar-refractivity contribution in [2.24, 2.45) is 7.05 Å². The van der Waals surface area contributed by atoms with Gasteiger partial charge in [0.2, 0.25) is 0 Å². The SMILES string of the molecule is Cc1c(Nc2c(F)ccc(NS(=O)(=O)N3CC[C@H](F)C3)c2Cl)ccc2ncn(C)c(=O)c12. The Bertz CT molecular complexity index is 1380. The van der Waals surface area contributed by atoms with Gasteiger partial charge in [-0.05, 0) is 43.2 Å². The van der Waals surface area contributed by atoms with Crippen LogP contribution >= 0.6 is 11.6 Å². The molecule has 170 valence electrons. The summed E-state index contributed by atoms with van der Waals surface area (Å²) in [6.07, 6.45) is 0.292. The van der Waals surface area contributed by atoms with E-state index in [2.05, 4.69) is 15.0 Å². The van der Waals surface area contributed by atoms with E-state index in [4.69, 9.17) is 11.6 Å². The van der Waals surface area contributed by atoms with Crippen LogP contribution in [0, 0.1) is 12.7 Å². The highest BCUT2D eigenvalue weighted by Gasteiger charge is 2.32. The molecule has 1 aromatic heterocycles. The molecule has 0 amide bonds. The zero-order valence-electron chi connectivity index (χ0n) is 17.2. The molecule has 0 saturated carbocycles. The van der Waals surface area contributed by atoms with Crippen molar-refractivity contribution in [3.8, 4) is 0 Å². The van der Waals surface area contributed by atoms with Gasteiger partial charge in [-0.25, -0.2) is 13.8 Å². The standard InChI is InChI=1S/C20H20ClF2N5O3S/c1-11-14(5-6-15-17(11)20(29)27(2)10-24-15)25-19-13(23)3-4-16(18(19)21)26-32(30,31)28-8-7-12(22)9-28/h3-6,10,12,25-26H,7-9H2,1-2H3/t12-/m0/s1. The van der Waals surface area contributed by atoms with Crippen molar-refractivity contribution in [1.82, 2.24) is 13.9 Å². The van der Waals surface area contributed by atoms with Crippen LogP contribution in [0.2, 0.25) is 5.02 Å². The number of hydrogen-bond acceptors (Lipinski definition) is 5. The Labute approximate surface area is 188 Å². The van der Waals surface area contributed by atoms with Gasteiger partial charge in [-0.2, -0.15) is 12.7 Å². The fraction of sp³-hybridized carbons (Fsp3) is 0.300. The Morgan fingerprint density at radius 2 is 1.94 bits per heavy atom. The van der Waals surface area contributed by atoms with Gasteiger partial charge in [0.05, 0.1) is 33.6 Å². The number of halogens is 3. The second-order valence-electron chi connectivity index (χ2n) is 7.55. The molecule has 1 fully saturated rings. The lowest BCUT2D eigenvalue weighted by Gasteiger charge is -2.19. The third-order valence-corrected chi connectivity index (χ3v) is 7.25. The Hall–Kier alpha value is -2.76. The first-order chi connectivity index (χ1) is 15.1. The van der Waals surface area contributed by atoms with E-state index in [1.165, 1.54) is 17.0 Å². The third kappa shape index (κ3) is 4.03. The molecule has 1 saturated heterocycles. The quantitative estimate of drug-likeness (QED) is 0.579. The van der Waals surface area contributed by atoms with Crippen LogP contribution in [0.5, 0.6) is 0 Å². The van der Waals surface area contributed by atoms with E-state index in [-0.39, 0.29) is 41.5 Å². The van der Waals surface area contributed by atoms with Crippen molar-refractivity contribution in [3.05, 3.63) is 57.3 Å². The van der Waals surface area contributed by atoms with Gasteiger partial charge in [0.25, 0.3) is 5.56 Å². The molecule has 32 heavy (non-hydrogen) atoms. The van der Waals surface area contributed by atoms with Crippen LogP contribution in [-0.4, -0.2) is 41.5 Å². The summed E-state index contributed by atoms with van der Waals surface area (Å²) in [5.74, 6) is -0.721. The highest BCUT2D eigenvalue weighted by atomic mass is 35.5. The van der Waals surface area contributed by atoms with Crippen molar-refractivity contribution >= 4 is 49.8 Å². The molecule has 2 N–H and O–H groups in total. The van der Waals surface area contributed by atoms with E-state index >= 15 is 0 Å².